The number of amides is 5. The summed E-state index contributed by atoms with van der Waals surface area (Å²) in [6.07, 6.45) is 6.77. The first-order valence-corrected chi connectivity index (χ1v) is 49.1. The molecule has 0 spiro atoms. The first kappa shape index (κ1) is 120. The molecule has 131 heavy (non-hydrogen) atoms. The zero-order valence-electron chi connectivity index (χ0n) is 77.0. The number of ether oxygens (including phenoxy) is 1. The number of aryl methyl sites for hydroxylation is 2. The summed E-state index contributed by atoms with van der Waals surface area (Å²) in [4.78, 5) is 135. The Balaban J connectivity index is 0.000000813. The van der Waals surface area contributed by atoms with Gasteiger partial charge in [0.2, 0.25) is 23.6 Å². The summed E-state index contributed by atoms with van der Waals surface area (Å²) in [6, 6.07) is 8.25. The van der Waals surface area contributed by atoms with Crippen LogP contribution in [-0.2, 0) is 140 Å². The second-order valence-electron chi connectivity index (χ2n) is 33.2. The van der Waals surface area contributed by atoms with Crippen LogP contribution >= 0.6 is 38.3 Å². The van der Waals surface area contributed by atoms with Gasteiger partial charge >= 0.3 is 18.0 Å². The molecule has 0 bridgehead atoms. The maximum atomic E-state index is 14.4. The number of Topliss-reactive ketones (excluding diaryl/α,β-unsaturated/α-hetero) is 2. The number of nitrogens with two attached hydrogens (primary N) is 1. The molecule has 12 heterocycles. The van der Waals surface area contributed by atoms with E-state index in [1.165, 1.54) is 65.4 Å². The normalized spacial score (nSPS) is 22.4. The average molecular weight is 2290 g/mol. The molecule has 6 aromatic rings. The SMILES string of the molecule is CC(=O)c1nn(CC(=O)N2C[C@H](F)C[C@H]2C(=O)NC[C@@H]2CCN(C)C2)c2ccc(-c3cnc(C)nc3)cc12.CC(=O)c1nn(CC(=O)O)c2ccc(-c3cnc(C)nc3)cc12.CC(C)(C)OC(=O)N1C[C@H](F)C[C@H]1C(=O)O.CN1CC[C@@H](CN)C1.CN1CC[C@@H](CNC(=O)[C@@H]2C[C@@H](F)CN2)C1.CN1CC[C@@H](CNC(=O)[C@@H]2C[C@@H](F)CN2)C1.Cl.Cl.S.S=S.S=S=S.S=S=S=S.[3H][B][3H].[U]. The number of carboxylic acid groups (broad SMARTS) is 2. The van der Waals surface area contributed by atoms with Crippen LogP contribution in [0.3, 0.4) is 0 Å². The average Bonchev–Trinajstić information content (AvgIpc) is 2.56. The first-order chi connectivity index (χ1) is 61.2. The number of rotatable bonds is 19. The van der Waals surface area contributed by atoms with Crippen molar-refractivity contribution in [1.82, 2.24) is 95.5 Å². The van der Waals surface area contributed by atoms with E-state index in [1.807, 2.05) is 31.3 Å². The van der Waals surface area contributed by atoms with Crippen LogP contribution in [0, 0.1) is 68.6 Å². The number of carboxylic acids is 2. The van der Waals surface area contributed by atoms with E-state index in [9.17, 15) is 60.7 Å². The summed E-state index contributed by atoms with van der Waals surface area (Å²) in [7, 11) is 12.1. The van der Waals surface area contributed by atoms with E-state index >= 15 is 0 Å². The van der Waals surface area contributed by atoms with E-state index in [1.54, 1.807) is 71.5 Å². The minimum Gasteiger partial charge on any atom is -0.480 e. The number of nitrogens with zero attached hydrogens (tertiary/aromatic N) is 14. The van der Waals surface area contributed by atoms with Crippen LogP contribution in [0.1, 0.15) is 119 Å². The van der Waals surface area contributed by atoms with Gasteiger partial charge < -0.3 is 71.8 Å². The monoisotopic (exact) mass is 2290 g/mol. The number of hydrogen-bond acceptors (Lipinski definition) is 29. The summed E-state index contributed by atoms with van der Waals surface area (Å²) in [6.45, 7) is 22.7. The van der Waals surface area contributed by atoms with Crippen molar-refractivity contribution in [3.63, 3.8) is 0 Å². The molecule has 4 aromatic heterocycles. The number of fused-ring (bicyclic) bond motifs is 2. The van der Waals surface area contributed by atoms with Crippen molar-refractivity contribution in [1.29, 1.82) is 2.67 Å². The summed E-state index contributed by atoms with van der Waals surface area (Å²) < 4.78 is 72.5. The number of carbonyl (C=O) groups is 9. The van der Waals surface area contributed by atoms with Gasteiger partial charge in [0.15, 0.2) is 11.6 Å². The molecular formula is C81H122BCl2F4N20O12S10U. The van der Waals surface area contributed by atoms with Crippen LogP contribution in [0.4, 0.5) is 22.4 Å². The fourth-order valence-corrected chi connectivity index (χ4v) is 15.4. The molecule has 0 unspecified atom stereocenters. The molecule has 32 nitrogen and oxygen atoms in total. The van der Waals surface area contributed by atoms with Gasteiger partial charge in [-0.05, 0) is 183 Å². The van der Waals surface area contributed by atoms with Gasteiger partial charge in [0.05, 0.1) is 44.5 Å². The Hall–Kier alpha value is -5.56. The predicted molar refractivity (Wildman–Crippen MR) is 530 cm³/mol. The molecule has 50 heteroatoms. The van der Waals surface area contributed by atoms with E-state index in [4.69, 9.17) is 23.4 Å². The van der Waals surface area contributed by atoms with Gasteiger partial charge in [-0.2, -0.15) is 23.7 Å². The smallest absolute Gasteiger partial charge is 0.411 e. The van der Waals surface area contributed by atoms with Crippen molar-refractivity contribution in [3.05, 3.63) is 84.2 Å². The van der Waals surface area contributed by atoms with Crippen molar-refractivity contribution in [2.45, 2.75) is 167 Å². The molecule has 8 saturated heterocycles. The number of hydrogen-bond donors (Lipinski definition) is 8. The summed E-state index contributed by atoms with van der Waals surface area (Å²) in [5, 5.41) is 42.1. The standard InChI is InChI=1S/C27H32FN7O3.C16H14N4O3.2C11H20FN3O.C10H16FNO4.C6H14N2.BH2.2ClH.S4.S3.S2.H2S.U/c1-16(36)26-22-8-19(20-11-29-17(2)30-12-20)4-5-23(22)35(32-26)15-25(37)34-14-21(28)9-24(34)27(38)31-10-18-6-7-33(3)13-18;1-9(21)16-13-5-11(12-6-17-10(2)18-7-12)3-4-14(13)20(19-16)8-15(22)23;2*1-15-3-2-8(7-15)5-14-11(16)10-4-9(12)6-13-10;1-10(2,3)16-9(15)12-5-6(11)4-7(12)8(13)14;1-8-3-2-6(4-7)5-8;;;;1-3-4-2;1-3-2;1-2;;/h4-5,8,11-12,18,21,24H,6-7,9-10,13-15H2,1-3H3,(H,31,38);3-7H,8H2,1-2H3,(H,22,23);2*8-10,13H,2-7H2,1H3,(H,14,16);6-7H,4-5H2,1-3H3,(H,13,14);6H,2-5,7H2,1H3;1H2;2*1H;;;;1H2;/t18-,21+,24-;;2*8-,9+,10-;6-,7+;6-;;;;;;;;/m0.0010......../s1/i;;;;;;1T2;;;;;;;. The molecule has 8 aliphatic heterocycles. The number of benzene rings is 2. The van der Waals surface area contributed by atoms with Crippen LogP contribution in [0.2, 0.25) is 0 Å². The Morgan fingerprint density at radius 2 is 0.908 bits per heavy atom. The minimum absolute atomic E-state index is 0. The Bertz CT molecular complexity index is 4770. The second kappa shape index (κ2) is 62.3. The zero-order chi connectivity index (χ0) is 95.9. The van der Waals surface area contributed by atoms with Crippen molar-refractivity contribution < 1.29 is 107 Å². The number of likely N-dealkylation sites (tertiary alicyclic amines) is 6. The van der Waals surface area contributed by atoms with Gasteiger partial charge in [0, 0.05) is 270 Å². The molecule has 9 N–H and O–H groups in total. The molecule has 0 aliphatic carbocycles. The molecule has 2 aromatic carbocycles. The van der Waals surface area contributed by atoms with Crippen LogP contribution in [0.5, 0.6) is 0 Å². The molecular weight excluding hydrogens is 2160 g/mol. The third-order valence-corrected chi connectivity index (χ3v) is 24.0. The third kappa shape index (κ3) is 40.9. The van der Waals surface area contributed by atoms with Crippen molar-refractivity contribution in [2.24, 2.45) is 29.4 Å². The fraction of sp³-hybridized carbons (Fsp3) is 0.617. The summed E-state index contributed by atoms with van der Waals surface area (Å²) in [5.41, 5.74) is 9.73. The summed E-state index contributed by atoms with van der Waals surface area (Å²) >= 11 is 24.2. The van der Waals surface area contributed by atoms with Crippen LogP contribution < -0.4 is 32.3 Å². The number of nitrogens with one attached hydrogen (secondary N) is 5. The number of carbonyl (C=O) groups excluding carboxylic acids is 7. The molecule has 8 aliphatic rings. The van der Waals surface area contributed by atoms with Crippen LogP contribution in [-0.4, -0.2) is 331 Å². The Kier molecular flexibility index (Phi) is 56.9. The van der Waals surface area contributed by atoms with E-state index in [0.29, 0.717) is 92.0 Å². The molecule has 727 valence electrons. The van der Waals surface area contributed by atoms with Gasteiger partial charge in [-0.15, -0.1) is 24.8 Å². The number of aliphatic carboxylic acids is 2. The molecule has 1 radical (unpaired) electrons. The maximum absolute atomic E-state index is 14.4. The van der Waals surface area contributed by atoms with E-state index in [-0.39, 0.29) is 161 Å². The summed E-state index contributed by atoms with van der Waals surface area (Å²) in [5.74, 6) is 0.0649. The molecule has 8 fully saturated rings. The number of ketones is 2. The predicted octanol–water partition coefficient (Wildman–Crippen LogP) is 4.94. The topological polar surface area (TPSA) is 396 Å². The van der Waals surface area contributed by atoms with Crippen LogP contribution in [0.25, 0.3) is 44.1 Å². The minimum atomic E-state index is -1.30. The Morgan fingerprint density at radius 3 is 1.21 bits per heavy atom. The van der Waals surface area contributed by atoms with Gasteiger partial charge in [-0.3, -0.25) is 47.8 Å². The van der Waals surface area contributed by atoms with E-state index < -0.39 is 66.3 Å². The van der Waals surface area contributed by atoms with Gasteiger partial charge in [0.1, 0.15) is 78.5 Å². The quantitative estimate of drug-likeness (QED) is 0.0302. The fourth-order valence-electron chi connectivity index (χ4n) is 15.4. The second-order valence-corrected chi connectivity index (χ2v) is 38.5. The van der Waals surface area contributed by atoms with Crippen molar-refractivity contribution >= 4 is 215 Å². The number of alkyl halides is 4. The van der Waals surface area contributed by atoms with E-state index in [0.717, 1.165) is 120 Å². The maximum Gasteiger partial charge on any atom is 0.411 e. The number of aromatic nitrogens is 8. The Morgan fingerprint density at radius 1 is 0.557 bits per heavy atom. The van der Waals surface area contributed by atoms with E-state index in [2.05, 4.69) is 165 Å². The molecule has 5 amide bonds. The largest absolute Gasteiger partial charge is 0.480 e. The van der Waals surface area contributed by atoms with Gasteiger partial charge in [-0.1, -0.05) is 12.1 Å². The first-order valence-electron chi connectivity index (χ1n) is 42.3. The molecule has 12 atom stereocenters. The van der Waals surface area contributed by atoms with Crippen molar-refractivity contribution in [3.8, 4) is 22.3 Å². The molecule has 14 rings (SSSR count). The van der Waals surface area contributed by atoms with Gasteiger partial charge in [0.25, 0.3) is 0 Å². The van der Waals surface area contributed by atoms with Crippen molar-refractivity contribution in [2.75, 3.05) is 133 Å². The third-order valence-electron chi connectivity index (χ3n) is 21.8. The zero-order valence-corrected chi connectivity index (χ0v) is 89.1. The van der Waals surface area contributed by atoms with Gasteiger partial charge in [-0.25, -0.2) is 47.1 Å². The number of halogens is 6. The van der Waals surface area contributed by atoms with Crippen LogP contribution in [0.15, 0.2) is 61.2 Å². The Labute approximate surface area is 848 Å². The molecule has 0 saturated carbocycles.